The molecule has 0 saturated carbocycles. The van der Waals surface area contributed by atoms with E-state index in [4.69, 9.17) is 0 Å². The van der Waals surface area contributed by atoms with E-state index in [1.165, 1.54) is 0 Å². The molecule has 5 heteroatoms. The van der Waals surface area contributed by atoms with Crippen molar-refractivity contribution in [2.45, 2.75) is 6.92 Å². The highest BCUT2D eigenvalue weighted by atomic mass is 32.1. The van der Waals surface area contributed by atoms with Crippen LogP contribution in [0.1, 0.15) is 12.6 Å². The Kier molecular flexibility index (Phi) is 3.48. The van der Waals surface area contributed by atoms with E-state index < -0.39 is 0 Å². The molecule has 0 bridgehead atoms. The number of para-hydroxylation sites is 1. The Bertz CT molecular complexity index is 987. The maximum absolute atomic E-state index is 4.51. The van der Waals surface area contributed by atoms with Crippen molar-refractivity contribution in [1.29, 1.82) is 0 Å². The molecule has 2 aromatic carbocycles. The Hall–Kier alpha value is -2.79. The van der Waals surface area contributed by atoms with Crippen LogP contribution in [0.3, 0.4) is 0 Å². The third-order valence-electron chi connectivity index (χ3n) is 3.61. The molecule has 0 fully saturated rings. The lowest BCUT2D eigenvalue weighted by molar-refractivity contribution is 1.25. The maximum atomic E-state index is 4.51. The van der Waals surface area contributed by atoms with Crippen LogP contribution in [0.5, 0.6) is 0 Å². The summed E-state index contributed by atoms with van der Waals surface area (Å²) in [6.07, 6.45) is 1.88. The van der Waals surface area contributed by atoms with Gasteiger partial charge in [-0.3, -0.25) is 10.4 Å². The van der Waals surface area contributed by atoms with Crippen molar-refractivity contribution in [3.63, 3.8) is 0 Å². The summed E-state index contributed by atoms with van der Waals surface area (Å²) in [6, 6.07) is 18.3. The molecular weight excluding hydrogens is 304 g/mol. The van der Waals surface area contributed by atoms with Crippen molar-refractivity contribution in [2.24, 2.45) is 5.10 Å². The minimum Gasteiger partial charge on any atom is -0.254 e. The van der Waals surface area contributed by atoms with E-state index in [0.29, 0.717) is 0 Å². The predicted octanol–water partition coefficient (Wildman–Crippen LogP) is 4.68. The molecule has 0 radical (unpaired) electrons. The highest BCUT2D eigenvalue weighted by Crippen LogP contribution is 2.25. The number of thiazole rings is 1. The minimum atomic E-state index is 0.784. The molecule has 112 valence electrons. The summed E-state index contributed by atoms with van der Waals surface area (Å²) in [5.41, 5.74) is 5.71. The second-order valence-corrected chi connectivity index (χ2v) is 6.24. The fraction of sp³-hybridized carbons (Fsp3) is 0.0556. The van der Waals surface area contributed by atoms with Crippen LogP contribution >= 0.6 is 11.3 Å². The Balaban J connectivity index is 1.61. The van der Waals surface area contributed by atoms with Gasteiger partial charge in [0.1, 0.15) is 0 Å². The van der Waals surface area contributed by atoms with E-state index in [-0.39, 0.29) is 0 Å². The fourth-order valence-corrected chi connectivity index (χ4v) is 3.20. The highest BCUT2D eigenvalue weighted by Gasteiger charge is 2.04. The zero-order chi connectivity index (χ0) is 15.6. The molecule has 2 heterocycles. The molecule has 0 saturated heterocycles. The second kappa shape index (κ2) is 5.78. The molecule has 23 heavy (non-hydrogen) atoms. The Morgan fingerprint density at radius 3 is 2.70 bits per heavy atom. The van der Waals surface area contributed by atoms with E-state index >= 15 is 0 Å². The van der Waals surface area contributed by atoms with Crippen LogP contribution in [0.2, 0.25) is 0 Å². The predicted molar refractivity (Wildman–Crippen MR) is 97.2 cm³/mol. The van der Waals surface area contributed by atoms with Gasteiger partial charge in [-0.05, 0) is 30.5 Å². The summed E-state index contributed by atoms with van der Waals surface area (Å²) in [4.78, 5) is 8.98. The largest absolute Gasteiger partial charge is 0.254 e. The van der Waals surface area contributed by atoms with Gasteiger partial charge in [-0.1, -0.05) is 47.7 Å². The first-order valence-electron chi connectivity index (χ1n) is 7.31. The van der Waals surface area contributed by atoms with Gasteiger partial charge >= 0.3 is 0 Å². The number of nitrogens with zero attached hydrogens (tertiary/aromatic N) is 3. The lowest BCUT2D eigenvalue weighted by atomic mass is 10.1. The molecule has 4 nitrogen and oxygen atoms in total. The van der Waals surface area contributed by atoms with Crippen molar-refractivity contribution in [2.75, 3.05) is 5.43 Å². The van der Waals surface area contributed by atoms with Crippen molar-refractivity contribution in [3.05, 3.63) is 66.5 Å². The number of rotatable bonds is 3. The number of nitrogens with one attached hydrogen (secondary N) is 1. The van der Waals surface area contributed by atoms with E-state index in [0.717, 1.165) is 37.5 Å². The Morgan fingerprint density at radius 2 is 1.83 bits per heavy atom. The van der Waals surface area contributed by atoms with Gasteiger partial charge in [0, 0.05) is 11.6 Å². The molecule has 4 aromatic rings. The fourth-order valence-electron chi connectivity index (χ4n) is 2.39. The summed E-state index contributed by atoms with van der Waals surface area (Å²) >= 11 is 1.59. The molecule has 0 amide bonds. The molecule has 1 N–H and O–H groups in total. The SMILES string of the molecule is CC(=NNc1nc2ccccc2s1)c1cc2ccccc2cn1. The van der Waals surface area contributed by atoms with E-state index in [1.807, 2.05) is 49.5 Å². The van der Waals surface area contributed by atoms with Gasteiger partial charge in [0.25, 0.3) is 0 Å². The van der Waals surface area contributed by atoms with Crippen molar-refractivity contribution in [1.82, 2.24) is 9.97 Å². The van der Waals surface area contributed by atoms with Gasteiger partial charge in [0.05, 0.1) is 21.6 Å². The Labute approximate surface area is 137 Å². The van der Waals surface area contributed by atoms with Crippen LogP contribution in [0.4, 0.5) is 5.13 Å². The summed E-state index contributed by atoms with van der Waals surface area (Å²) < 4.78 is 1.15. The highest BCUT2D eigenvalue weighted by molar-refractivity contribution is 7.22. The van der Waals surface area contributed by atoms with Crippen LogP contribution < -0.4 is 5.43 Å². The summed E-state index contributed by atoms with van der Waals surface area (Å²) in [6.45, 7) is 1.94. The molecule has 2 aromatic heterocycles. The lowest BCUT2D eigenvalue weighted by Crippen LogP contribution is -2.02. The first-order chi connectivity index (χ1) is 11.3. The molecular formula is C18H14N4S. The number of hydrazone groups is 1. The van der Waals surface area contributed by atoms with Crippen molar-refractivity contribution < 1.29 is 0 Å². The van der Waals surface area contributed by atoms with Gasteiger partial charge in [-0.25, -0.2) is 4.98 Å². The van der Waals surface area contributed by atoms with Gasteiger partial charge in [0.15, 0.2) is 0 Å². The van der Waals surface area contributed by atoms with E-state index in [9.17, 15) is 0 Å². The van der Waals surface area contributed by atoms with Crippen LogP contribution in [-0.4, -0.2) is 15.7 Å². The second-order valence-electron chi connectivity index (χ2n) is 5.21. The Morgan fingerprint density at radius 1 is 1.04 bits per heavy atom. The molecule has 0 aliphatic carbocycles. The van der Waals surface area contributed by atoms with Crippen LogP contribution in [-0.2, 0) is 0 Å². The molecule has 0 unspecified atom stereocenters. The first-order valence-corrected chi connectivity index (χ1v) is 8.12. The van der Waals surface area contributed by atoms with Crippen LogP contribution in [0, 0.1) is 0 Å². The van der Waals surface area contributed by atoms with Gasteiger partial charge < -0.3 is 0 Å². The number of fused-ring (bicyclic) bond motifs is 2. The number of pyridine rings is 1. The van der Waals surface area contributed by atoms with E-state index in [1.54, 1.807) is 11.3 Å². The topological polar surface area (TPSA) is 50.2 Å². The molecule has 0 aliphatic heterocycles. The molecule has 0 spiro atoms. The maximum Gasteiger partial charge on any atom is 0.204 e. The van der Waals surface area contributed by atoms with Gasteiger partial charge in [-0.15, -0.1) is 0 Å². The minimum absolute atomic E-state index is 0.784. The number of anilines is 1. The van der Waals surface area contributed by atoms with Gasteiger partial charge in [-0.2, -0.15) is 5.10 Å². The summed E-state index contributed by atoms with van der Waals surface area (Å²) in [7, 11) is 0. The monoisotopic (exact) mass is 318 g/mol. The van der Waals surface area contributed by atoms with Gasteiger partial charge in [0.2, 0.25) is 5.13 Å². The number of hydrogen-bond donors (Lipinski definition) is 1. The molecule has 4 rings (SSSR count). The standard InChI is InChI=1S/C18H14N4S/c1-12(16-10-13-6-2-3-7-14(13)11-19-16)21-22-18-20-15-8-4-5-9-17(15)23-18/h2-11H,1H3,(H,20,22). The van der Waals surface area contributed by atoms with Crippen molar-refractivity contribution >= 4 is 43.2 Å². The first kappa shape index (κ1) is 13.8. The number of benzene rings is 2. The average molecular weight is 318 g/mol. The summed E-state index contributed by atoms with van der Waals surface area (Å²) in [5.74, 6) is 0. The number of aromatic nitrogens is 2. The molecule has 0 atom stereocenters. The van der Waals surface area contributed by atoms with Crippen molar-refractivity contribution in [3.8, 4) is 0 Å². The zero-order valence-corrected chi connectivity index (χ0v) is 13.3. The number of hydrogen-bond acceptors (Lipinski definition) is 5. The summed E-state index contributed by atoms with van der Waals surface area (Å²) in [5, 5.41) is 7.49. The normalized spacial score (nSPS) is 12.0. The lowest BCUT2D eigenvalue weighted by Gasteiger charge is -2.02. The zero-order valence-electron chi connectivity index (χ0n) is 12.5. The smallest absolute Gasteiger partial charge is 0.204 e. The third-order valence-corrected chi connectivity index (χ3v) is 4.56. The third kappa shape index (κ3) is 2.78. The van der Waals surface area contributed by atoms with E-state index in [2.05, 4.69) is 38.7 Å². The average Bonchev–Trinajstić information content (AvgIpc) is 3.02. The quantitative estimate of drug-likeness (QED) is 0.441. The van der Waals surface area contributed by atoms with Crippen LogP contribution in [0.15, 0.2) is 65.9 Å². The molecule has 0 aliphatic rings. The van der Waals surface area contributed by atoms with Crippen LogP contribution in [0.25, 0.3) is 21.0 Å².